The largest absolute Gasteiger partial charge is 0.484 e. The molecule has 9 nitrogen and oxygen atoms in total. The number of nitrogens with zero attached hydrogens (tertiary/aromatic N) is 3. The van der Waals surface area contributed by atoms with Crippen LogP contribution in [0, 0.1) is 17.5 Å². The minimum absolute atomic E-state index is 0.0765. The molecule has 0 aliphatic carbocycles. The second kappa shape index (κ2) is 9.10. The lowest BCUT2D eigenvalue weighted by Gasteiger charge is -2.41. The summed E-state index contributed by atoms with van der Waals surface area (Å²) >= 11 is 0. The molecule has 3 aliphatic heterocycles. The zero-order chi connectivity index (χ0) is 24.7. The van der Waals surface area contributed by atoms with E-state index < -0.39 is 47.6 Å². The molecule has 5 rings (SSSR count). The number of hydrazone groups is 1. The number of hydrogen-bond donors (Lipinski definition) is 2. The summed E-state index contributed by atoms with van der Waals surface area (Å²) < 4.78 is 53.0. The molecule has 2 atom stereocenters. The normalized spacial score (nSPS) is 21.3. The third-order valence-electron chi connectivity index (χ3n) is 5.95. The fourth-order valence-corrected chi connectivity index (χ4v) is 4.18. The lowest BCUT2D eigenvalue weighted by Crippen LogP contribution is -2.58. The second-order valence-corrected chi connectivity index (χ2v) is 8.41. The van der Waals surface area contributed by atoms with Crippen LogP contribution in [0.25, 0.3) is 0 Å². The summed E-state index contributed by atoms with van der Waals surface area (Å²) in [5.74, 6) is -2.63. The summed E-state index contributed by atoms with van der Waals surface area (Å²) in [5.41, 5.74) is 0.535. The third kappa shape index (κ3) is 4.48. The number of carbonyl (C=O) groups is 2. The van der Waals surface area contributed by atoms with Crippen molar-refractivity contribution in [1.29, 1.82) is 0 Å². The average Bonchev–Trinajstić information content (AvgIpc) is 3.26. The van der Waals surface area contributed by atoms with Crippen molar-refractivity contribution < 1.29 is 37.3 Å². The highest BCUT2D eigenvalue weighted by molar-refractivity contribution is 5.98. The maximum atomic E-state index is 14.6. The van der Waals surface area contributed by atoms with Gasteiger partial charge in [-0.3, -0.25) is 4.79 Å². The van der Waals surface area contributed by atoms with Gasteiger partial charge in [0, 0.05) is 43.9 Å². The fraction of sp³-hybridized carbons (Fsp3) is 0.348. The number of benzene rings is 2. The smallest absolute Gasteiger partial charge is 0.341 e. The summed E-state index contributed by atoms with van der Waals surface area (Å²) in [5, 5.41) is 16.8. The van der Waals surface area contributed by atoms with Crippen molar-refractivity contribution in [2.24, 2.45) is 5.10 Å². The fourth-order valence-electron chi connectivity index (χ4n) is 4.18. The van der Waals surface area contributed by atoms with Crippen LogP contribution in [0.2, 0.25) is 0 Å². The topological polar surface area (TPSA) is 104 Å². The van der Waals surface area contributed by atoms with Gasteiger partial charge in [-0.15, -0.1) is 0 Å². The molecule has 0 aromatic heterocycles. The molecule has 1 saturated heterocycles. The number of anilines is 1. The van der Waals surface area contributed by atoms with Gasteiger partial charge in [0.1, 0.15) is 23.5 Å². The van der Waals surface area contributed by atoms with E-state index in [-0.39, 0.29) is 43.3 Å². The lowest BCUT2D eigenvalue weighted by molar-refractivity contribution is -0.124. The molecule has 3 amide bonds. The first-order chi connectivity index (χ1) is 16.8. The summed E-state index contributed by atoms with van der Waals surface area (Å²) in [6.45, 7) is 0.0384. The number of aliphatic hydroxyl groups excluding tert-OH is 1. The van der Waals surface area contributed by atoms with E-state index in [0.29, 0.717) is 12.0 Å². The molecule has 2 aromatic carbocycles. The van der Waals surface area contributed by atoms with Gasteiger partial charge in [-0.2, -0.15) is 5.10 Å². The van der Waals surface area contributed by atoms with Crippen molar-refractivity contribution >= 4 is 23.8 Å². The molecule has 35 heavy (non-hydrogen) atoms. The third-order valence-corrected chi connectivity index (χ3v) is 5.95. The summed E-state index contributed by atoms with van der Waals surface area (Å²) in [6, 6.07) is 4.39. The van der Waals surface area contributed by atoms with Crippen LogP contribution in [0.1, 0.15) is 24.4 Å². The van der Waals surface area contributed by atoms with Gasteiger partial charge in [-0.1, -0.05) is 0 Å². The Labute approximate surface area is 197 Å². The number of halogens is 3. The Bertz CT molecular complexity index is 1180. The molecule has 3 heterocycles. The molecule has 0 bridgehead atoms. The molecule has 2 N–H and O–H groups in total. The van der Waals surface area contributed by atoms with Crippen molar-refractivity contribution in [3.05, 3.63) is 53.3 Å². The van der Waals surface area contributed by atoms with E-state index in [4.69, 9.17) is 14.6 Å². The van der Waals surface area contributed by atoms with Crippen molar-refractivity contribution in [1.82, 2.24) is 9.91 Å². The van der Waals surface area contributed by atoms with Crippen LogP contribution in [0.5, 0.6) is 11.5 Å². The van der Waals surface area contributed by atoms with Crippen LogP contribution in [-0.4, -0.2) is 65.1 Å². The second-order valence-electron chi connectivity index (χ2n) is 8.41. The molecule has 2 unspecified atom stereocenters. The van der Waals surface area contributed by atoms with Gasteiger partial charge in [-0.05, 0) is 17.7 Å². The summed E-state index contributed by atoms with van der Waals surface area (Å²) in [7, 11) is 0. The van der Waals surface area contributed by atoms with Gasteiger partial charge in [0.2, 0.25) is 0 Å². The predicted molar refractivity (Wildman–Crippen MR) is 117 cm³/mol. The quantitative estimate of drug-likeness (QED) is 0.671. The Morgan fingerprint density at radius 3 is 2.63 bits per heavy atom. The number of fused-ring (bicyclic) bond motifs is 1. The van der Waals surface area contributed by atoms with Crippen LogP contribution in [0.15, 0.2) is 35.4 Å². The van der Waals surface area contributed by atoms with Crippen molar-refractivity contribution in [2.45, 2.75) is 31.1 Å². The Hall–Kier alpha value is -3.80. The number of carbonyl (C=O) groups excluding carboxylic acids is 2. The summed E-state index contributed by atoms with van der Waals surface area (Å²) in [6.07, 6.45) is 0.475. The van der Waals surface area contributed by atoms with E-state index in [9.17, 15) is 22.8 Å². The number of aliphatic hydroxyl groups is 1. The van der Waals surface area contributed by atoms with Crippen LogP contribution >= 0.6 is 0 Å². The molecule has 0 radical (unpaired) electrons. The number of rotatable bonds is 5. The maximum absolute atomic E-state index is 14.6. The SMILES string of the molecule is O=C1Nc2cc(OC3CN(C(=O)N4N=CCC4c4cc(F)cc(F)c4)C3)c(F)cc2OC1CCO. The van der Waals surface area contributed by atoms with Gasteiger partial charge in [0.25, 0.3) is 5.91 Å². The van der Waals surface area contributed by atoms with Crippen molar-refractivity contribution in [3.8, 4) is 11.5 Å². The zero-order valence-corrected chi connectivity index (χ0v) is 18.3. The Morgan fingerprint density at radius 1 is 1.17 bits per heavy atom. The van der Waals surface area contributed by atoms with E-state index in [1.165, 1.54) is 22.2 Å². The highest BCUT2D eigenvalue weighted by atomic mass is 19.1. The minimum Gasteiger partial charge on any atom is -0.484 e. The zero-order valence-electron chi connectivity index (χ0n) is 18.3. The number of urea groups is 1. The first kappa shape index (κ1) is 23.0. The Morgan fingerprint density at radius 2 is 1.91 bits per heavy atom. The number of nitrogens with one attached hydrogen (secondary N) is 1. The molecule has 3 aliphatic rings. The monoisotopic (exact) mass is 490 g/mol. The molecule has 2 aromatic rings. The number of hydrogen-bond acceptors (Lipinski definition) is 6. The van der Waals surface area contributed by atoms with E-state index in [1.54, 1.807) is 0 Å². The standard InChI is InChI=1S/C23H21F3N4O5/c24-13-5-12(6-14(25)7-13)18-1-3-27-30(18)23(33)29-10-15(11-29)34-20-9-17-21(8-16(20)26)35-19(2-4-31)22(32)28-17/h3,5-9,15,18-19,31H,1-2,4,10-11H2,(H,28,32). The van der Waals surface area contributed by atoms with Gasteiger partial charge in [0.15, 0.2) is 17.7 Å². The first-order valence-corrected chi connectivity index (χ1v) is 11.0. The molecule has 0 saturated carbocycles. The molecule has 0 spiro atoms. The highest BCUT2D eigenvalue weighted by Crippen LogP contribution is 2.37. The summed E-state index contributed by atoms with van der Waals surface area (Å²) in [4.78, 5) is 26.4. The van der Waals surface area contributed by atoms with Gasteiger partial charge in [-0.25, -0.2) is 23.0 Å². The van der Waals surface area contributed by atoms with Crippen molar-refractivity contribution in [2.75, 3.05) is 25.0 Å². The first-order valence-electron chi connectivity index (χ1n) is 11.0. The number of ether oxygens (including phenoxy) is 2. The average molecular weight is 490 g/mol. The molecule has 1 fully saturated rings. The van der Waals surface area contributed by atoms with Crippen LogP contribution in [0.4, 0.5) is 23.7 Å². The Kier molecular flexibility index (Phi) is 5.97. The highest BCUT2D eigenvalue weighted by Gasteiger charge is 2.39. The maximum Gasteiger partial charge on any atom is 0.341 e. The van der Waals surface area contributed by atoms with E-state index in [0.717, 1.165) is 24.3 Å². The molecule has 184 valence electrons. The molecular weight excluding hydrogens is 469 g/mol. The van der Waals surface area contributed by atoms with Crippen LogP contribution < -0.4 is 14.8 Å². The molecular formula is C23H21F3N4O5. The number of likely N-dealkylation sites (tertiary alicyclic amines) is 1. The van der Waals surface area contributed by atoms with Gasteiger partial charge in [0.05, 0.1) is 24.8 Å². The van der Waals surface area contributed by atoms with Gasteiger partial charge >= 0.3 is 6.03 Å². The van der Waals surface area contributed by atoms with Crippen molar-refractivity contribution in [3.63, 3.8) is 0 Å². The van der Waals surface area contributed by atoms with E-state index >= 15 is 0 Å². The predicted octanol–water partition coefficient (Wildman–Crippen LogP) is 2.80. The molecule has 12 heteroatoms. The van der Waals surface area contributed by atoms with E-state index in [1.807, 2.05) is 0 Å². The van der Waals surface area contributed by atoms with Crippen LogP contribution in [0.3, 0.4) is 0 Å². The van der Waals surface area contributed by atoms with Crippen LogP contribution in [-0.2, 0) is 4.79 Å². The van der Waals surface area contributed by atoms with Gasteiger partial charge < -0.3 is 24.8 Å². The number of amides is 3. The van der Waals surface area contributed by atoms with E-state index in [2.05, 4.69) is 10.4 Å². The minimum atomic E-state index is -0.911. The lowest BCUT2D eigenvalue weighted by atomic mass is 10.0. The Balaban J connectivity index is 1.21.